The Hall–Kier alpha value is -0.900. The summed E-state index contributed by atoms with van der Waals surface area (Å²) in [6.07, 6.45) is 1.06. The fourth-order valence-electron chi connectivity index (χ4n) is 2.53. The molecule has 1 atom stereocenters. The molecule has 3 heteroatoms. The lowest BCUT2D eigenvalue weighted by Crippen LogP contribution is -2.40. The highest BCUT2D eigenvalue weighted by atomic mass is 16.3. The van der Waals surface area contributed by atoms with Crippen LogP contribution in [0.25, 0.3) is 0 Å². The third kappa shape index (κ3) is 6.51. The van der Waals surface area contributed by atoms with Gasteiger partial charge in [0.15, 0.2) is 0 Å². The van der Waals surface area contributed by atoms with Crippen molar-refractivity contribution in [3.63, 3.8) is 0 Å². The smallest absolute Gasteiger partial charge is 0.0718 e. The van der Waals surface area contributed by atoms with Gasteiger partial charge in [-0.3, -0.25) is 0 Å². The third-order valence-electron chi connectivity index (χ3n) is 3.44. The van der Waals surface area contributed by atoms with E-state index in [4.69, 9.17) is 0 Å². The average molecular weight is 278 g/mol. The molecule has 1 aromatic rings. The molecular formula is C17H30N2O. The molecule has 1 rings (SSSR count). The number of aliphatic hydroxyl groups is 1. The lowest BCUT2D eigenvalue weighted by atomic mass is 10.0. The van der Waals surface area contributed by atoms with E-state index >= 15 is 0 Å². The first-order valence-electron chi connectivity index (χ1n) is 7.69. The van der Waals surface area contributed by atoms with Gasteiger partial charge in [0.1, 0.15) is 0 Å². The molecular weight excluding hydrogens is 248 g/mol. The Morgan fingerprint density at radius 1 is 1.20 bits per heavy atom. The van der Waals surface area contributed by atoms with E-state index in [1.807, 2.05) is 13.8 Å². The normalized spacial score (nSPS) is 13.7. The summed E-state index contributed by atoms with van der Waals surface area (Å²) >= 11 is 0. The molecule has 114 valence electrons. The SMILES string of the molecule is CCNC(CCN(CC)CC(C)(C)O)c1ccccc1. The van der Waals surface area contributed by atoms with Crippen molar-refractivity contribution in [3.05, 3.63) is 35.9 Å². The highest BCUT2D eigenvalue weighted by Crippen LogP contribution is 2.17. The van der Waals surface area contributed by atoms with E-state index in [0.29, 0.717) is 6.04 Å². The minimum Gasteiger partial charge on any atom is -0.389 e. The summed E-state index contributed by atoms with van der Waals surface area (Å²) in [5.41, 5.74) is 0.713. The van der Waals surface area contributed by atoms with Crippen molar-refractivity contribution in [1.82, 2.24) is 10.2 Å². The zero-order chi connectivity index (χ0) is 15.0. The van der Waals surface area contributed by atoms with E-state index in [1.165, 1.54) is 5.56 Å². The number of hydrogen-bond donors (Lipinski definition) is 2. The highest BCUT2D eigenvalue weighted by molar-refractivity contribution is 5.18. The fraction of sp³-hybridized carbons (Fsp3) is 0.647. The molecule has 20 heavy (non-hydrogen) atoms. The summed E-state index contributed by atoms with van der Waals surface area (Å²) < 4.78 is 0. The number of benzene rings is 1. The van der Waals surface area contributed by atoms with Crippen LogP contribution in [0.4, 0.5) is 0 Å². The molecule has 0 saturated heterocycles. The van der Waals surface area contributed by atoms with Crippen LogP contribution in [0.2, 0.25) is 0 Å². The maximum Gasteiger partial charge on any atom is 0.0718 e. The van der Waals surface area contributed by atoms with E-state index in [2.05, 4.69) is 54.4 Å². The van der Waals surface area contributed by atoms with E-state index in [9.17, 15) is 5.11 Å². The monoisotopic (exact) mass is 278 g/mol. The standard InChI is InChI=1S/C17H30N2O/c1-5-18-16(15-10-8-7-9-11-15)12-13-19(6-2)14-17(3,4)20/h7-11,16,18,20H,5-6,12-14H2,1-4H3. The zero-order valence-corrected chi connectivity index (χ0v) is 13.4. The van der Waals surface area contributed by atoms with Crippen LogP contribution in [0, 0.1) is 0 Å². The van der Waals surface area contributed by atoms with Gasteiger partial charge < -0.3 is 15.3 Å². The molecule has 0 aliphatic carbocycles. The van der Waals surface area contributed by atoms with Gasteiger partial charge in [-0.25, -0.2) is 0 Å². The summed E-state index contributed by atoms with van der Waals surface area (Å²) in [5.74, 6) is 0. The van der Waals surface area contributed by atoms with Gasteiger partial charge >= 0.3 is 0 Å². The molecule has 0 aliphatic rings. The Morgan fingerprint density at radius 3 is 2.35 bits per heavy atom. The van der Waals surface area contributed by atoms with Crippen molar-refractivity contribution >= 4 is 0 Å². The quantitative estimate of drug-likeness (QED) is 0.729. The molecule has 0 spiro atoms. The molecule has 0 aromatic heterocycles. The minimum absolute atomic E-state index is 0.386. The summed E-state index contributed by atoms with van der Waals surface area (Å²) in [6.45, 7) is 11.7. The molecule has 0 radical (unpaired) electrons. The first-order valence-corrected chi connectivity index (χ1v) is 7.69. The van der Waals surface area contributed by atoms with Gasteiger partial charge in [0.25, 0.3) is 0 Å². The molecule has 3 nitrogen and oxygen atoms in total. The summed E-state index contributed by atoms with van der Waals surface area (Å²) in [7, 11) is 0. The second-order valence-corrected chi connectivity index (χ2v) is 5.99. The second kappa shape index (κ2) is 8.40. The Bertz CT molecular complexity index is 359. The van der Waals surface area contributed by atoms with Crippen LogP contribution in [0.1, 0.15) is 45.7 Å². The Morgan fingerprint density at radius 2 is 1.85 bits per heavy atom. The van der Waals surface area contributed by atoms with Crippen molar-refractivity contribution in [2.24, 2.45) is 0 Å². The molecule has 0 bridgehead atoms. The van der Waals surface area contributed by atoms with E-state index in [-0.39, 0.29) is 0 Å². The lowest BCUT2D eigenvalue weighted by molar-refractivity contribution is 0.0367. The highest BCUT2D eigenvalue weighted by Gasteiger charge is 2.18. The second-order valence-electron chi connectivity index (χ2n) is 5.99. The van der Waals surface area contributed by atoms with Gasteiger partial charge in [-0.1, -0.05) is 44.2 Å². The molecule has 0 fully saturated rings. The van der Waals surface area contributed by atoms with Crippen LogP contribution in [-0.4, -0.2) is 41.8 Å². The average Bonchev–Trinajstić information content (AvgIpc) is 2.41. The van der Waals surface area contributed by atoms with Crippen LogP contribution in [-0.2, 0) is 0 Å². The van der Waals surface area contributed by atoms with Gasteiger partial charge in [-0.05, 0) is 38.9 Å². The molecule has 0 aliphatic heterocycles. The lowest BCUT2D eigenvalue weighted by Gasteiger charge is -2.29. The Labute approximate surface area is 124 Å². The number of likely N-dealkylation sites (N-methyl/N-ethyl adjacent to an activating group) is 1. The summed E-state index contributed by atoms with van der Waals surface area (Å²) in [4.78, 5) is 2.31. The van der Waals surface area contributed by atoms with Gasteiger partial charge in [0, 0.05) is 19.1 Å². The van der Waals surface area contributed by atoms with Crippen LogP contribution in [0.3, 0.4) is 0 Å². The predicted octanol–water partition coefficient (Wildman–Crippen LogP) is 2.82. The first-order chi connectivity index (χ1) is 9.46. The Balaban J connectivity index is 2.58. The van der Waals surface area contributed by atoms with Crippen LogP contribution >= 0.6 is 0 Å². The van der Waals surface area contributed by atoms with Crippen molar-refractivity contribution < 1.29 is 5.11 Å². The molecule has 0 heterocycles. The fourth-order valence-corrected chi connectivity index (χ4v) is 2.53. The van der Waals surface area contributed by atoms with Gasteiger partial charge in [-0.2, -0.15) is 0 Å². The Kier molecular flexibility index (Phi) is 7.20. The van der Waals surface area contributed by atoms with Gasteiger partial charge in [0.05, 0.1) is 5.60 Å². The maximum atomic E-state index is 9.95. The number of nitrogens with one attached hydrogen (secondary N) is 1. The van der Waals surface area contributed by atoms with Gasteiger partial charge in [-0.15, -0.1) is 0 Å². The van der Waals surface area contributed by atoms with Crippen molar-refractivity contribution in [2.75, 3.05) is 26.2 Å². The minimum atomic E-state index is -0.629. The van der Waals surface area contributed by atoms with E-state index in [0.717, 1.165) is 32.6 Å². The molecule has 2 N–H and O–H groups in total. The molecule has 1 aromatic carbocycles. The summed E-state index contributed by atoms with van der Waals surface area (Å²) in [5, 5.41) is 13.5. The molecule has 0 saturated carbocycles. The summed E-state index contributed by atoms with van der Waals surface area (Å²) in [6, 6.07) is 11.0. The molecule has 1 unspecified atom stereocenters. The van der Waals surface area contributed by atoms with Crippen molar-refractivity contribution in [3.8, 4) is 0 Å². The van der Waals surface area contributed by atoms with E-state index in [1.54, 1.807) is 0 Å². The van der Waals surface area contributed by atoms with Crippen LogP contribution in [0.15, 0.2) is 30.3 Å². The number of rotatable bonds is 9. The van der Waals surface area contributed by atoms with Gasteiger partial charge in [0.2, 0.25) is 0 Å². The topological polar surface area (TPSA) is 35.5 Å². The first kappa shape index (κ1) is 17.2. The molecule has 0 amide bonds. The van der Waals surface area contributed by atoms with Crippen LogP contribution in [0.5, 0.6) is 0 Å². The van der Waals surface area contributed by atoms with Crippen LogP contribution < -0.4 is 5.32 Å². The third-order valence-corrected chi connectivity index (χ3v) is 3.44. The zero-order valence-electron chi connectivity index (χ0n) is 13.4. The van der Waals surface area contributed by atoms with Crippen molar-refractivity contribution in [1.29, 1.82) is 0 Å². The van der Waals surface area contributed by atoms with E-state index < -0.39 is 5.60 Å². The number of nitrogens with zero attached hydrogens (tertiary/aromatic N) is 1. The largest absolute Gasteiger partial charge is 0.389 e. The number of hydrogen-bond acceptors (Lipinski definition) is 3. The maximum absolute atomic E-state index is 9.95. The predicted molar refractivity (Wildman–Crippen MR) is 85.9 cm³/mol. The van der Waals surface area contributed by atoms with Crippen molar-refractivity contribution in [2.45, 2.75) is 45.8 Å².